The first-order valence-corrected chi connectivity index (χ1v) is 8.33. The van der Waals surface area contributed by atoms with Gasteiger partial charge in [-0.3, -0.25) is 4.79 Å². The third kappa shape index (κ3) is 2.20. The number of hydrogen-bond donors (Lipinski definition) is 0. The normalized spacial score (nSPS) is 37.0. The Labute approximate surface area is 130 Å². The fraction of sp³-hybridized carbons (Fsp3) is 0.667. The number of esters is 1. The molecule has 5 rings (SSSR count). The summed E-state index contributed by atoms with van der Waals surface area (Å²) in [6.07, 6.45) is 9.04. The molecular weight excluding hydrogens is 280 g/mol. The van der Waals surface area contributed by atoms with Gasteiger partial charge in [-0.25, -0.2) is 4.79 Å². The van der Waals surface area contributed by atoms with Crippen molar-refractivity contribution in [3.05, 3.63) is 24.2 Å². The molecule has 22 heavy (non-hydrogen) atoms. The minimum absolute atomic E-state index is 0.142. The summed E-state index contributed by atoms with van der Waals surface area (Å²) in [7, 11) is 0. The molecule has 118 valence electrons. The van der Waals surface area contributed by atoms with Gasteiger partial charge in [0.15, 0.2) is 11.9 Å². The number of carbonyl (C=O) groups is 2. The van der Waals surface area contributed by atoms with Gasteiger partial charge in [-0.2, -0.15) is 0 Å². The number of furan rings is 1. The number of ether oxygens (including phenoxy) is 1. The van der Waals surface area contributed by atoms with Crippen LogP contribution >= 0.6 is 0 Å². The van der Waals surface area contributed by atoms with Crippen LogP contribution in [0.3, 0.4) is 0 Å². The quantitative estimate of drug-likeness (QED) is 0.797. The van der Waals surface area contributed by atoms with E-state index in [1.165, 1.54) is 31.8 Å². The number of Topliss-reactive ketones (excluding diaryl/α,β-unsaturated/α-hetero) is 1. The predicted molar refractivity (Wildman–Crippen MR) is 79.2 cm³/mol. The molecular formula is C18H22O4. The first-order chi connectivity index (χ1) is 10.6. The van der Waals surface area contributed by atoms with Gasteiger partial charge in [0.25, 0.3) is 0 Å². The van der Waals surface area contributed by atoms with Gasteiger partial charge in [0.1, 0.15) is 6.26 Å². The van der Waals surface area contributed by atoms with Crippen LogP contribution in [0, 0.1) is 23.2 Å². The maximum atomic E-state index is 13.0. The molecule has 0 N–H and O–H groups in total. The molecule has 0 saturated heterocycles. The average molecular weight is 302 g/mol. The van der Waals surface area contributed by atoms with E-state index in [-0.39, 0.29) is 11.2 Å². The molecule has 4 bridgehead atoms. The Morgan fingerprint density at radius 1 is 1.18 bits per heavy atom. The summed E-state index contributed by atoms with van der Waals surface area (Å²) < 4.78 is 10.3. The van der Waals surface area contributed by atoms with Crippen molar-refractivity contribution in [2.24, 2.45) is 23.2 Å². The number of hydrogen-bond acceptors (Lipinski definition) is 4. The summed E-state index contributed by atoms with van der Waals surface area (Å²) in [6, 6.07) is 1.56. The first kappa shape index (κ1) is 14.0. The molecule has 4 saturated carbocycles. The Morgan fingerprint density at radius 2 is 1.77 bits per heavy atom. The van der Waals surface area contributed by atoms with Crippen molar-refractivity contribution in [3.8, 4) is 0 Å². The molecule has 0 aromatic carbocycles. The zero-order valence-electron chi connectivity index (χ0n) is 12.9. The Morgan fingerprint density at radius 3 is 2.27 bits per heavy atom. The predicted octanol–water partition coefficient (Wildman–Crippen LogP) is 3.61. The summed E-state index contributed by atoms with van der Waals surface area (Å²) in [5.74, 6) is 1.81. The van der Waals surface area contributed by atoms with Crippen LogP contribution in [0.4, 0.5) is 0 Å². The Bertz CT molecular complexity index is 551. The molecule has 0 spiro atoms. The largest absolute Gasteiger partial charge is 0.472 e. The van der Waals surface area contributed by atoms with E-state index in [1.807, 2.05) is 0 Å². The van der Waals surface area contributed by atoms with Crippen LogP contribution in [0.1, 0.15) is 55.8 Å². The Hall–Kier alpha value is -1.58. The van der Waals surface area contributed by atoms with E-state index in [9.17, 15) is 9.59 Å². The van der Waals surface area contributed by atoms with Crippen LogP contribution in [0.15, 0.2) is 23.0 Å². The zero-order chi connectivity index (χ0) is 15.3. The van der Waals surface area contributed by atoms with E-state index in [2.05, 4.69) is 0 Å². The lowest BCUT2D eigenvalue weighted by Crippen LogP contribution is -2.52. The standard InChI is InChI=1S/C18H22O4/c1-11(22-17(20)15-2-3-21-10-15)16(19)18-7-12-4-13(8-18)6-14(5-12)9-18/h2-3,10-14H,4-9H2,1H3/t11-,12?,13?,14?,18?/m0/s1. The summed E-state index contributed by atoms with van der Waals surface area (Å²) in [5.41, 5.74) is 0.148. The van der Waals surface area contributed by atoms with Crippen LogP contribution in [0.5, 0.6) is 0 Å². The fourth-order valence-electron chi connectivity index (χ4n) is 5.51. The van der Waals surface area contributed by atoms with Gasteiger partial charge in [-0.05, 0) is 69.3 Å². The van der Waals surface area contributed by atoms with Crippen molar-refractivity contribution in [1.29, 1.82) is 0 Å². The molecule has 4 aliphatic carbocycles. The van der Waals surface area contributed by atoms with Crippen molar-refractivity contribution in [2.45, 2.75) is 51.6 Å². The number of rotatable bonds is 4. The fourth-order valence-corrected chi connectivity index (χ4v) is 5.51. The number of ketones is 1. The third-order valence-electron chi connectivity index (χ3n) is 5.97. The van der Waals surface area contributed by atoms with Crippen LogP contribution < -0.4 is 0 Å². The molecule has 1 aromatic rings. The van der Waals surface area contributed by atoms with Crippen LogP contribution in [-0.4, -0.2) is 17.9 Å². The number of carbonyl (C=O) groups excluding carboxylic acids is 2. The minimum Gasteiger partial charge on any atom is -0.472 e. The first-order valence-electron chi connectivity index (χ1n) is 8.33. The molecule has 0 amide bonds. The van der Waals surface area contributed by atoms with E-state index in [0.29, 0.717) is 23.3 Å². The van der Waals surface area contributed by atoms with Crippen molar-refractivity contribution in [3.63, 3.8) is 0 Å². The maximum absolute atomic E-state index is 13.0. The molecule has 0 unspecified atom stereocenters. The SMILES string of the molecule is C[C@H](OC(=O)c1ccoc1)C(=O)C12CC3CC(CC(C3)C1)C2. The van der Waals surface area contributed by atoms with E-state index >= 15 is 0 Å². The molecule has 4 aliphatic rings. The van der Waals surface area contributed by atoms with Crippen molar-refractivity contribution in [1.82, 2.24) is 0 Å². The Balaban J connectivity index is 1.48. The topological polar surface area (TPSA) is 56.5 Å². The summed E-state index contributed by atoms with van der Waals surface area (Å²) in [4.78, 5) is 25.0. The lowest BCUT2D eigenvalue weighted by atomic mass is 9.48. The highest BCUT2D eigenvalue weighted by Crippen LogP contribution is 2.60. The summed E-state index contributed by atoms with van der Waals surface area (Å²) in [5, 5.41) is 0. The zero-order valence-corrected chi connectivity index (χ0v) is 12.9. The highest BCUT2D eigenvalue weighted by molar-refractivity contribution is 5.94. The second-order valence-electron chi connectivity index (χ2n) is 7.62. The molecule has 4 nitrogen and oxygen atoms in total. The van der Waals surface area contributed by atoms with Gasteiger partial charge >= 0.3 is 5.97 Å². The monoisotopic (exact) mass is 302 g/mol. The molecule has 1 heterocycles. The summed E-state index contributed by atoms with van der Waals surface area (Å²) >= 11 is 0. The van der Waals surface area contributed by atoms with Crippen LogP contribution in [0.2, 0.25) is 0 Å². The second-order valence-corrected chi connectivity index (χ2v) is 7.62. The second kappa shape index (κ2) is 4.97. The highest BCUT2D eigenvalue weighted by atomic mass is 16.5. The van der Waals surface area contributed by atoms with Gasteiger partial charge in [-0.15, -0.1) is 0 Å². The third-order valence-corrected chi connectivity index (χ3v) is 5.97. The van der Waals surface area contributed by atoms with Crippen molar-refractivity contribution < 1.29 is 18.7 Å². The van der Waals surface area contributed by atoms with E-state index in [1.54, 1.807) is 13.0 Å². The van der Waals surface area contributed by atoms with Crippen molar-refractivity contribution in [2.75, 3.05) is 0 Å². The van der Waals surface area contributed by atoms with Gasteiger partial charge in [0.05, 0.1) is 11.8 Å². The average Bonchev–Trinajstić information content (AvgIpc) is 2.99. The molecule has 1 aromatic heterocycles. The van der Waals surface area contributed by atoms with E-state index in [4.69, 9.17) is 9.15 Å². The van der Waals surface area contributed by atoms with E-state index < -0.39 is 12.1 Å². The van der Waals surface area contributed by atoms with Crippen LogP contribution in [0.25, 0.3) is 0 Å². The van der Waals surface area contributed by atoms with Gasteiger partial charge in [0.2, 0.25) is 0 Å². The highest BCUT2D eigenvalue weighted by Gasteiger charge is 2.55. The van der Waals surface area contributed by atoms with Gasteiger partial charge in [-0.1, -0.05) is 0 Å². The lowest BCUT2D eigenvalue weighted by molar-refractivity contribution is -0.152. The lowest BCUT2D eigenvalue weighted by Gasteiger charge is -2.56. The molecule has 0 radical (unpaired) electrons. The smallest absolute Gasteiger partial charge is 0.342 e. The molecule has 4 heteroatoms. The van der Waals surface area contributed by atoms with E-state index in [0.717, 1.165) is 19.3 Å². The maximum Gasteiger partial charge on any atom is 0.342 e. The summed E-state index contributed by atoms with van der Waals surface area (Å²) in [6.45, 7) is 1.72. The molecule has 1 atom stereocenters. The van der Waals surface area contributed by atoms with Crippen molar-refractivity contribution >= 4 is 11.8 Å². The van der Waals surface area contributed by atoms with Crippen LogP contribution in [-0.2, 0) is 9.53 Å². The van der Waals surface area contributed by atoms with Gasteiger partial charge < -0.3 is 9.15 Å². The van der Waals surface area contributed by atoms with Gasteiger partial charge in [0, 0.05) is 5.41 Å². The molecule has 4 fully saturated rings. The Kier molecular flexibility index (Phi) is 3.17. The molecule has 0 aliphatic heterocycles. The minimum atomic E-state index is -0.668.